The molecular formula is C20H20N4O2. The maximum absolute atomic E-state index is 12.5. The molecule has 0 fully saturated rings. The summed E-state index contributed by atoms with van der Waals surface area (Å²) in [5.41, 5.74) is 2.09. The average Bonchev–Trinajstić information content (AvgIpc) is 2.69. The maximum atomic E-state index is 12.5. The molecule has 1 aromatic carbocycles. The van der Waals surface area contributed by atoms with Gasteiger partial charge in [-0.1, -0.05) is 6.07 Å². The minimum atomic E-state index is -0.211. The number of carbonyl (C=O) groups is 1. The zero-order valence-corrected chi connectivity index (χ0v) is 14.5. The molecule has 0 aliphatic rings. The molecule has 6 heteroatoms. The van der Waals surface area contributed by atoms with Gasteiger partial charge in [0.1, 0.15) is 11.6 Å². The van der Waals surface area contributed by atoms with E-state index in [-0.39, 0.29) is 5.91 Å². The summed E-state index contributed by atoms with van der Waals surface area (Å²) in [7, 11) is 0. The van der Waals surface area contributed by atoms with Crippen molar-refractivity contribution in [1.29, 1.82) is 0 Å². The Hall–Kier alpha value is -3.41. The van der Waals surface area contributed by atoms with Crippen LogP contribution < -0.4 is 15.4 Å². The van der Waals surface area contributed by atoms with E-state index in [1.54, 1.807) is 24.5 Å². The van der Waals surface area contributed by atoms with Crippen LogP contribution in [0.2, 0.25) is 0 Å². The van der Waals surface area contributed by atoms with E-state index in [0.29, 0.717) is 24.5 Å². The molecule has 2 N–H and O–H groups in total. The molecule has 0 aliphatic carbocycles. The van der Waals surface area contributed by atoms with E-state index in [1.165, 1.54) is 0 Å². The predicted molar refractivity (Wildman–Crippen MR) is 101 cm³/mol. The van der Waals surface area contributed by atoms with Crippen LogP contribution in [-0.2, 0) is 6.54 Å². The number of pyridine rings is 2. The fourth-order valence-corrected chi connectivity index (χ4v) is 2.39. The molecule has 1 amide bonds. The smallest absolute Gasteiger partial charge is 0.255 e. The van der Waals surface area contributed by atoms with Crippen molar-refractivity contribution in [3.05, 3.63) is 78.2 Å². The Bertz CT molecular complexity index is 851. The summed E-state index contributed by atoms with van der Waals surface area (Å²) in [4.78, 5) is 21.0. The van der Waals surface area contributed by atoms with Crippen LogP contribution >= 0.6 is 0 Å². The van der Waals surface area contributed by atoms with Crippen molar-refractivity contribution in [2.45, 2.75) is 13.5 Å². The number of amides is 1. The van der Waals surface area contributed by atoms with Crippen molar-refractivity contribution in [2.75, 3.05) is 11.9 Å². The van der Waals surface area contributed by atoms with Crippen molar-refractivity contribution >= 4 is 17.4 Å². The monoisotopic (exact) mass is 348 g/mol. The van der Waals surface area contributed by atoms with Crippen molar-refractivity contribution in [3.63, 3.8) is 0 Å². The van der Waals surface area contributed by atoms with Gasteiger partial charge in [-0.15, -0.1) is 0 Å². The molecule has 0 unspecified atom stereocenters. The summed E-state index contributed by atoms with van der Waals surface area (Å²) in [6, 6.07) is 16.6. The number of nitrogens with one attached hydrogen (secondary N) is 2. The van der Waals surface area contributed by atoms with Crippen LogP contribution in [0.5, 0.6) is 5.75 Å². The Kier molecular flexibility index (Phi) is 5.77. The van der Waals surface area contributed by atoms with Crippen LogP contribution in [0.3, 0.4) is 0 Å². The maximum Gasteiger partial charge on any atom is 0.255 e. The lowest BCUT2D eigenvalue weighted by Crippen LogP contribution is -2.24. The zero-order chi connectivity index (χ0) is 18.2. The normalized spacial score (nSPS) is 10.2. The largest absolute Gasteiger partial charge is 0.494 e. The first-order valence-electron chi connectivity index (χ1n) is 8.39. The van der Waals surface area contributed by atoms with Crippen LogP contribution in [0.25, 0.3) is 0 Å². The van der Waals surface area contributed by atoms with Gasteiger partial charge >= 0.3 is 0 Å². The van der Waals surface area contributed by atoms with Crippen molar-refractivity contribution in [1.82, 2.24) is 15.3 Å². The second kappa shape index (κ2) is 8.62. The third-order valence-corrected chi connectivity index (χ3v) is 3.64. The summed E-state index contributed by atoms with van der Waals surface area (Å²) in [5, 5.41) is 6.04. The molecule has 26 heavy (non-hydrogen) atoms. The standard InChI is InChI=1S/C20H20N4O2/c1-2-26-17-10-8-15(9-11-17)24-19-18(7-5-13-22-19)20(25)23-14-16-6-3-4-12-21-16/h3-13H,2,14H2,1H3,(H,22,24)(H,23,25). The summed E-state index contributed by atoms with van der Waals surface area (Å²) >= 11 is 0. The number of hydrogen-bond donors (Lipinski definition) is 2. The molecule has 0 aliphatic heterocycles. The highest BCUT2D eigenvalue weighted by atomic mass is 16.5. The Morgan fingerprint density at radius 3 is 2.54 bits per heavy atom. The molecule has 0 saturated heterocycles. The van der Waals surface area contributed by atoms with Crippen LogP contribution in [0.15, 0.2) is 67.0 Å². The number of rotatable bonds is 7. The van der Waals surface area contributed by atoms with E-state index < -0.39 is 0 Å². The van der Waals surface area contributed by atoms with E-state index in [2.05, 4.69) is 20.6 Å². The molecule has 0 radical (unpaired) electrons. The van der Waals surface area contributed by atoms with Crippen molar-refractivity contribution in [3.8, 4) is 5.75 Å². The fraction of sp³-hybridized carbons (Fsp3) is 0.150. The Morgan fingerprint density at radius 2 is 1.81 bits per heavy atom. The van der Waals surface area contributed by atoms with Gasteiger partial charge in [-0.25, -0.2) is 4.98 Å². The summed E-state index contributed by atoms with van der Waals surface area (Å²) < 4.78 is 5.43. The third kappa shape index (κ3) is 4.57. The summed E-state index contributed by atoms with van der Waals surface area (Å²) in [5.74, 6) is 1.08. The second-order valence-corrected chi connectivity index (χ2v) is 5.49. The van der Waals surface area contributed by atoms with Gasteiger partial charge in [0.25, 0.3) is 5.91 Å². The third-order valence-electron chi connectivity index (χ3n) is 3.64. The molecule has 6 nitrogen and oxygen atoms in total. The number of aromatic nitrogens is 2. The van der Waals surface area contributed by atoms with Crippen LogP contribution in [0.1, 0.15) is 23.0 Å². The number of anilines is 2. The molecule has 132 valence electrons. The van der Waals surface area contributed by atoms with E-state index in [0.717, 1.165) is 17.1 Å². The van der Waals surface area contributed by atoms with E-state index >= 15 is 0 Å². The average molecular weight is 348 g/mol. The van der Waals surface area contributed by atoms with Gasteiger partial charge in [-0.05, 0) is 55.5 Å². The second-order valence-electron chi connectivity index (χ2n) is 5.49. The van der Waals surface area contributed by atoms with Crippen molar-refractivity contribution < 1.29 is 9.53 Å². The molecule has 0 saturated carbocycles. The molecule has 2 aromatic heterocycles. The number of hydrogen-bond acceptors (Lipinski definition) is 5. The lowest BCUT2D eigenvalue weighted by molar-refractivity contribution is 0.0951. The fourth-order valence-electron chi connectivity index (χ4n) is 2.39. The van der Waals surface area contributed by atoms with Crippen LogP contribution in [-0.4, -0.2) is 22.5 Å². The molecule has 0 atom stereocenters. The SMILES string of the molecule is CCOc1ccc(Nc2ncccc2C(=O)NCc2ccccn2)cc1. The number of benzene rings is 1. The lowest BCUT2D eigenvalue weighted by atomic mass is 10.2. The topological polar surface area (TPSA) is 76.1 Å². The summed E-state index contributed by atoms with van der Waals surface area (Å²) in [6.07, 6.45) is 3.34. The van der Waals surface area contributed by atoms with Gasteiger partial charge < -0.3 is 15.4 Å². The first-order valence-corrected chi connectivity index (χ1v) is 8.39. The predicted octanol–water partition coefficient (Wildman–Crippen LogP) is 3.55. The minimum absolute atomic E-state index is 0.211. The van der Waals surface area contributed by atoms with Gasteiger partial charge in [0.2, 0.25) is 0 Å². The Labute approximate surface area is 152 Å². The van der Waals surface area contributed by atoms with Crippen molar-refractivity contribution in [2.24, 2.45) is 0 Å². The Morgan fingerprint density at radius 1 is 1.00 bits per heavy atom. The molecule has 2 heterocycles. The molecule has 0 bridgehead atoms. The van der Waals surface area contributed by atoms with Gasteiger partial charge in [-0.3, -0.25) is 9.78 Å². The Balaban J connectivity index is 1.70. The number of ether oxygens (including phenoxy) is 1. The zero-order valence-electron chi connectivity index (χ0n) is 14.5. The van der Waals surface area contributed by atoms with E-state index in [4.69, 9.17) is 4.74 Å². The van der Waals surface area contributed by atoms with Crippen LogP contribution in [0, 0.1) is 0 Å². The molecule has 0 spiro atoms. The quantitative estimate of drug-likeness (QED) is 0.683. The minimum Gasteiger partial charge on any atom is -0.494 e. The first-order chi connectivity index (χ1) is 12.8. The van der Waals surface area contributed by atoms with E-state index in [9.17, 15) is 4.79 Å². The van der Waals surface area contributed by atoms with Crippen LogP contribution in [0.4, 0.5) is 11.5 Å². The highest BCUT2D eigenvalue weighted by molar-refractivity contribution is 5.99. The number of carbonyl (C=O) groups excluding carboxylic acids is 1. The van der Waals surface area contributed by atoms with Gasteiger partial charge in [0.05, 0.1) is 24.4 Å². The molecular weight excluding hydrogens is 328 g/mol. The van der Waals surface area contributed by atoms with Gasteiger partial charge in [0.15, 0.2) is 0 Å². The lowest BCUT2D eigenvalue weighted by Gasteiger charge is -2.11. The first kappa shape index (κ1) is 17.4. The number of nitrogens with zero attached hydrogens (tertiary/aromatic N) is 2. The summed E-state index contributed by atoms with van der Waals surface area (Å²) in [6.45, 7) is 2.92. The van der Waals surface area contributed by atoms with E-state index in [1.807, 2.05) is 49.4 Å². The highest BCUT2D eigenvalue weighted by Gasteiger charge is 2.12. The highest BCUT2D eigenvalue weighted by Crippen LogP contribution is 2.21. The van der Waals surface area contributed by atoms with Gasteiger partial charge in [0, 0.05) is 18.1 Å². The molecule has 3 rings (SSSR count). The molecule has 3 aromatic rings. The van der Waals surface area contributed by atoms with Gasteiger partial charge in [-0.2, -0.15) is 0 Å².